The maximum atomic E-state index is 6.13. The quantitative estimate of drug-likeness (QED) is 0.766. The van der Waals surface area contributed by atoms with E-state index >= 15 is 0 Å². The summed E-state index contributed by atoms with van der Waals surface area (Å²) in [6.07, 6.45) is 9.33. The molecule has 0 radical (unpaired) electrons. The van der Waals surface area contributed by atoms with Gasteiger partial charge in [-0.1, -0.05) is 32.6 Å². The van der Waals surface area contributed by atoms with E-state index in [1.165, 1.54) is 32.1 Å². The van der Waals surface area contributed by atoms with Crippen molar-refractivity contribution in [1.29, 1.82) is 0 Å². The molecular weight excluding hydrogens is 210 g/mol. The second kappa shape index (κ2) is 6.08. The van der Waals surface area contributed by atoms with Crippen molar-refractivity contribution in [3.8, 4) is 0 Å². The predicted molar refractivity (Wildman–Crippen MR) is 74.1 cm³/mol. The van der Waals surface area contributed by atoms with Gasteiger partial charge < -0.3 is 10.3 Å². The Kier molecular flexibility index (Phi) is 5.03. The summed E-state index contributed by atoms with van der Waals surface area (Å²) in [6.45, 7) is 8.69. The number of aromatic nitrogens is 2. The highest BCUT2D eigenvalue weighted by Crippen LogP contribution is 2.22. The Hall–Kier alpha value is -0.990. The SMILES string of the molecule is CCCCCCCc1ncn(C(C)(C)C)c1N. The van der Waals surface area contributed by atoms with Crippen LogP contribution < -0.4 is 5.73 Å². The number of nitrogens with two attached hydrogens (primary N) is 1. The average Bonchev–Trinajstić information content (AvgIpc) is 2.59. The standard InChI is InChI=1S/C14H27N3/c1-5-6-7-8-9-10-12-13(15)17(11-16-12)14(2,3)4/h11H,5-10,15H2,1-4H3. The zero-order valence-corrected chi connectivity index (χ0v) is 11.8. The number of nitrogens with zero attached hydrogens (tertiary/aromatic N) is 2. The van der Waals surface area contributed by atoms with Crippen molar-refractivity contribution in [3.63, 3.8) is 0 Å². The van der Waals surface area contributed by atoms with E-state index in [9.17, 15) is 0 Å². The molecule has 17 heavy (non-hydrogen) atoms. The van der Waals surface area contributed by atoms with Crippen LogP contribution >= 0.6 is 0 Å². The number of rotatable bonds is 6. The summed E-state index contributed by atoms with van der Waals surface area (Å²) in [6, 6.07) is 0. The van der Waals surface area contributed by atoms with Gasteiger partial charge in [0.05, 0.1) is 12.0 Å². The lowest BCUT2D eigenvalue weighted by molar-refractivity contribution is 0.402. The highest BCUT2D eigenvalue weighted by Gasteiger charge is 2.17. The van der Waals surface area contributed by atoms with Crippen molar-refractivity contribution in [2.45, 2.75) is 71.8 Å². The van der Waals surface area contributed by atoms with Crippen LogP contribution in [0.1, 0.15) is 65.5 Å². The summed E-state index contributed by atoms with van der Waals surface area (Å²) in [5, 5.41) is 0. The van der Waals surface area contributed by atoms with Gasteiger partial charge in [0.1, 0.15) is 5.82 Å². The zero-order chi connectivity index (χ0) is 12.9. The van der Waals surface area contributed by atoms with E-state index in [0.717, 1.165) is 17.9 Å². The molecule has 0 saturated carbocycles. The molecule has 0 aliphatic heterocycles. The first-order valence-electron chi connectivity index (χ1n) is 6.79. The Morgan fingerprint density at radius 3 is 2.35 bits per heavy atom. The molecular formula is C14H27N3. The van der Waals surface area contributed by atoms with Gasteiger partial charge in [-0.2, -0.15) is 0 Å². The molecule has 1 aromatic rings. The maximum absolute atomic E-state index is 6.13. The molecule has 0 aliphatic rings. The van der Waals surface area contributed by atoms with E-state index in [1.54, 1.807) is 0 Å². The van der Waals surface area contributed by atoms with E-state index in [2.05, 4.69) is 37.2 Å². The molecule has 0 atom stereocenters. The number of nitrogen functional groups attached to an aromatic ring is 1. The molecule has 0 bridgehead atoms. The summed E-state index contributed by atoms with van der Waals surface area (Å²) < 4.78 is 2.06. The molecule has 0 aromatic carbocycles. The summed E-state index contributed by atoms with van der Waals surface area (Å²) in [5.41, 5.74) is 7.22. The highest BCUT2D eigenvalue weighted by molar-refractivity contribution is 5.37. The molecule has 1 aromatic heterocycles. The molecule has 1 heterocycles. The molecule has 98 valence electrons. The molecule has 2 N–H and O–H groups in total. The summed E-state index contributed by atoms with van der Waals surface area (Å²) in [4.78, 5) is 4.44. The second-order valence-corrected chi connectivity index (χ2v) is 5.78. The Morgan fingerprint density at radius 2 is 1.82 bits per heavy atom. The topological polar surface area (TPSA) is 43.8 Å². The molecule has 3 heteroatoms. The van der Waals surface area contributed by atoms with Crippen molar-refractivity contribution < 1.29 is 0 Å². The van der Waals surface area contributed by atoms with Crippen LogP contribution in [-0.4, -0.2) is 9.55 Å². The zero-order valence-electron chi connectivity index (χ0n) is 11.8. The minimum atomic E-state index is 0.0253. The fourth-order valence-electron chi connectivity index (χ4n) is 2.02. The van der Waals surface area contributed by atoms with Crippen LogP contribution in [0, 0.1) is 0 Å². The van der Waals surface area contributed by atoms with Gasteiger partial charge in [0.25, 0.3) is 0 Å². The molecule has 0 saturated heterocycles. The Labute approximate surface area is 105 Å². The van der Waals surface area contributed by atoms with Crippen molar-refractivity contribution in [3.05, 3.63) is 12.0 Å². The molecule has 0 amide bonds. The number of hydrogen-bond acceptors (Lipinski definition) is 2. The first-order chi connectivity index (χ1) is 7.96. The van der Waals surface area contributed by atoms with Gasteiger partial charge in [0, 0.05) is 5.54 Å². The lowest BCUT2D eigenvalue weighted by Crippen LogP contribution is -2.22. The lowest BCUT2D eigenvalue weighted by atomic mass is 10.1. The first kappa shape index (κ1) is 14.1. The van der Waals surface area contributed by atoms with Gasteiger partial charge >= 0.3 is 0 Å². The fourth-order valence-corrected chi connectivity index (χ4v) is 2.02. The van der Waals surface area contributed by atoms with Crippen LogP contribution in [0.25, 0.3) is 0 Å². The number of imidazole rings is 1. The maximum Gasteiger partial charge on any atom is 0.127 e. The van der Waals surface area contributed by atoms with Crippen molar-refractivity contribution in [1.82, 2.24) is 9.55 Å². The van der Waals surface area contributed by atoms with E-state index in [1.807, 2.05) is 6.33 Å². The third-order valence-electron chi connectivity index (χ3n) is 3.12. The lowest BCUT2D eigenvalue weighted by Gasteiger charge is -2.22. The molecule has 0 fully saturated rings. The Balaban J connectivity index is 2.47. The van der Waals surface area contributed by atoms with Gasteiger partial charge in [0.15, 0.2) is 0 Å². The van der Waals surface area contributed by atoms with Gasteiger partial charge in [-0.05, 0) is 33.6 Å². The van der Waals surface area contributed by atoms with Gasteiger partial charge in [-0.3, -0.25) is 0 Å². The van der Waals surface area contributed by atoms with Crippen LogP contribution in [0.2, 0.25) is 0 Å². The minimum absolute atomic E-state index is 0.0253. The van der Waals surface area contributed by atoms with Crippen molar-refractivity contribution >= 4 is 5.82 Å². The molecule has 0 spiro atoms. The second-order valence-electron chi connectivity index (χ2n) is 5.78. The van der Waals surface area contributed by atoms with Crippen LogP contribution in [-0.2, 0) is 12.0 Å². The fraction of sp³-hybridized carbons (Fsp3) is 0.786. The van der Waals surface area contributed by atoms with Gasteiger partial charge in [0.2, 0.25) is 0 Å². The smallest absolute Gasteiger partial charge is 0.127 e. The Bertz CT molecular complexity index is 334. The monoisotopic (exact) mass is 237 g/mol. The predicted octanol–water partition coefficient (Wildman–Crippen LogP) is 3.73. The van der Waals surface area contributed by atoms with Crippen LogP contribution in [0.4, 0.5) is 5.82 Å². The van der Waals surface area contributed by atoms with Gasteiger partial charge in [-0.25, -0.2) is 4.98 Å². The van der Waals surface area contributed by atoms with E-state index in [4.69, 9.17) is 5.73 Å². The van der Waals surface area contributed by atoms with Crippen LogP contribution in [0.15, 0.2) is 6.33 Å². The number of unbranched alkanes of at least 4 members (excludes halogenated alkanes) is 4. The summed E-state index contributed by atoms with van der Waals surface area (Å²) in [7, 11) is 0. The third-order valence-corrected chi connectivity index (χ3v) is 3.12. The van der Waals surface area contributed by atoms with Gasteiger partial charge in [-0.15, -0.1) is 0 Å². The highest BCUT2D eigenvalue weighted by atomic mass is 15.2. The Morgan fingerprint density at radius 1 is 1.18 bits per heavy atom. The van der Waals surface area contributed by atoms with E-state index < -0.39 is 0 Å². The van der Waals surface area contributed by atoms with Crippen LogP contribution in [0.5, 0.6) is 0 Å². The first-order valence-corrected chi connectivity index (χ1v) is 6.79. The normalized spacial score (nSPS) is 12.0. The minimum Gasteiger partial charge on any atom is -0.384 e. The molecule has 0 aliphatic carbocycles. The number of anilines is 1. The van der Waals surface area contributed by atoms with E-state index in [0.29, 0.717) is 0 Å². The van der Waals surface area contributed by atoms with Crippen molar-refractivity contribution in [2.24, 2.45) is 0 Å². The summed E-state index contributed by atoms with van der Waals surface area (Å²) >= 11 is 0. The van der Waals surface area contributed by atoms with E-state index in [-0.39, 0.29) is 5.54 Å². The third kappa shape index (κ3) is 4.06. The molecule has 3 nitrogen and oxygen atoms in total. The largest absolute Gasteiger partial charge is 0.384 e. The molecule has 0 unspecified atom stereocenters. The average molecular weight is 237 g/mol. The molecule has 1 rings (SSSR count). The van der Waals surface area contributed by atoms with Crippen LogP contribution in [0.3, 0.4) is 0 Å². The summed E-state index contributed by atoms with van der Waals surface area (Å²) in [5.74, 6) is 0.841. The number of aryl methyl sites for hydroxylation is 1. The number of hydrogen-bond donors (Lipinski definition) is 1. The van der Waals surface area contributed by atoms with Crippen molar-refractivity contribution in [2.75, 3.05) is 5.73 Å².